The number of ether oxygens (including phenoxy) is 3. The van der Waals surface area contributed by atoms with Crippen LogP contribution in [0.2, 0.25) is 0 Å². The van der Waals surface area contributed by atoms with Gasteiger partial charge in [0.15, 0.2) is 5.41 Å². The van der Waals surface area contributed by atoms with Gasteiger partial charge in [-0.1, -0.05) is 12.1 Å². The lowest BCUT2D eigenvalue weighted by Crippen LogP contribution is -2.40. The first-order valence-electron chi connectivity index (χ1n) is 9.99. The van der Waals surface area contributed by atoms with E-state index in [4.69, 9.17) is 14.2 Å². The molecule has 3 aromatic rings. The average molecular weight is 476 g/mol. The Bertz CT molecular complexity index is 1130. The lowest BCUT2D eigenvalue weighted by Gasteiger charge is -2.20. The van der Waals surface area contributed by atoms with Crippen molar-refractivity contribution < 1.29 is 34.0 Å². The van der Waals surface area contributed by atoms with Crippen LogP contribution in [0.25, 0.3) is 10.9 Å². The van der Waals surface area contributed by atoms with Crippen LogP contribution in [0.1, 0.15) is 31.9 Å². The smallest absolute Gasteiger partial charge is 0.325 e. The molecule has 1 heterocycles. The number of carboxylic acid groups (broad SMARTS) is 2. The summed E-state index contributed by atoms with van der Waals surface area (Å²) in [6.45, 7) is 5.16. The van der Waals surface area contributed by atoms with Crippen LogP contribution in [-0.2, 0) is 21.6 Å². The third-order valence-electron chi connectivity index (χ3n) is 5.13. The number of carbonyl (C=O) groups is 2. The summed E-state index contributed by atoms with van der Waals surface area (Å²) in [6.07, 6.45) is 1.61. The van der Waals surface area contributed by atoms with E-state index in [0.29, 0.717) is 17.2 Å². The second-order valence-electron chi connectivity index (χ2n) is 7.71. The van der Waals surface area contributed by atoms with Gasteiger partial charge in [-0.05, 0) is 56.7 Å². The van der Waals surface area contributed by atoms with E-state index in [9.17, 15) is 19.8 Å². The molecule has 9 heteroatoms. The van der Waals surface area contributed by atoms with E-state index in [1.165, 1.54) is 12.1 Å². The van der Waals surface area contributed by atoms with Crippen LogP contribution in [0.3, 0.4) is 0 Å². The molecular formula is C24H26ClNO7. The zero-order valence-corrected chi connectivity index (χ0v) is 19.5. The summed E-state index contributed by atoms with van der Waals surface area (Å²) in [4.78, 5) is 27.5. The first kappa shape index (κ1) is 25.7. The lowest BCUT2D eigenvalue weighted by atomic mass is 9.83. The fourth-order valence-corrected chi connectivity index (χ4v) is 3.18. The number of methoxy groups -OCH3 is 1. The van der Waals surface area contributed by atoms with E-state index in [1.807, 2.05) is 32.0 Å². The number of fused-ring (bicyclic) bond motifs is 1. The average Bonchev–Trinajstić information content (AvgIpc) is 2.77. The fourth-order valence-electron chi connectivity index (χ4n) is 3.18. The molecule has 0 aliphatic rings. The van der Waals surface area contributed by atoms with Gasteiger partial charge in [-0.25, -0.2) is 0 Å². The van der Waals surface area contributed by atoms with Crippen molar-refractivity contribution in [3.63, 3.8) is 0 Å². The Balaban J connectivity index is 0.00000385. The Hall–Kier alpha value is -3.52. The maximum absolute atomic E-state index is 11.5. The van der Waals surface area contributed by atoms with Crippen molar-refractivity contribution in [1.82, 2.24) is 4.98 Å². The van der Waals surface area contributed by atoms with Crippen LogP contribution in [0.15, 0.2) is 48.7 Å². The molecule has 0 aliphatic carbocycles. The summed E-state index contributed by atoms with van der Waals surface area (Å²) in [5.74, 6) is -1.10. The minimum absolute atomic E-state index is 0. The molecular weight excluding hydrogens is 450 g/mol. The van der Waals surface area contributed by atoms with Gasteiger partial charge < -0.3 is 24.4 Å². The zero-order valence-electron chi connectivity index (χ0n) is 18.7. The summed E-state index contributed by atoms with van der Waals surface area (Å²) >= 11 is 0. The van der Waals surface area contributed by atoms with Gasteiger partial charge in [0.2, 0.25) is 0 Å². The SMILES string of the molecule is COc1ccc2ncc(COc3ccc(C(C)(C(=O)O)C(=O)O)cc3)c(OC(C)C)c2c1.Cl. The molecule has 0 saturated heterocycles. The predicted molar refractivity (Wildman–Crippen MR) is 125 cm³/mol. The Kier molecular flexibility index (Phi) is 8.11. The van der Waals surface area contributed by atoms with Gasteiger partial charge in [0.1, 0.15) is 23.9 Å². The standard InChI is InChI=1S/C24H25NO7.ClH/c1-14(2)32-21-15(12-25-20-10-9-18(30-4)11-19(20)21)13-31-17-7-5-16(6-8-17)24(3,22(26)27)23(28)29;/h5-12,14H,13H2,1-4H3,(H,26,27)(H,28,29);1H. The lowest BCUT2D eigenvalue weighted by molar-refractivity contribution is -0.156. The molecule has 0 aliphatic heterocycles. The molecule has 0 saturated carbocycles. The van der Waals surface area contributed by atoms with Gasteiger partial charge in [0.05, 0.1) is 24.3 Å². The van der Waals surface area contributed by atoms with Crippen molar-refractivity contribution in [1.29, 1.82) is 0 Å². The number of benzene rings is 2. The number of nitrogens with zero attached hydrogens (tertiary/aromatic N) is 1. The Morgan fingerprint density at radius 2 is 1.64 bits per heavy atom. The molecule has 0 unspecified atom stereocenters. The number of pyridine rings is 1. The Morgan fingerprint density at radius 1 is 1.03 bits per heavy atom. The van der Waals surface area contributed by atoms with Crippen molar-refractivity contribution in [2.45, 2.75) is 38.9 Å². The summed E-state index contributed by atoms with van der Waals surface area (Å²) < 4.78 is 17.2. The fraction of sp³-hybridized carbons (Fsp3) is 0.292. The number of hydrogen-bond acceptors (Lipinski definition) is 6. The monoisotopic (exact) mass is 475 g/mol. The van der Waals surface area contributed by atoms with Crippen LogP contribution < -0.4 is 14.2 Å². The topological polar surface area (TPSA) is 115 Å². The molecule has 0 spiro atoms. The van der Waals surface area contributed by atoms with Crippen LogP contribution in [0.5, 0.6) is 17.2 Å². The quantitative estimate of drug-likeness (QED) is 0.436. The van der Waals surface area contributed by atoms with Gasteiger partial charge in [-0.2, -0.15) is 0 Å². The highest BCUT2D eigenvalue weighted by Crippen LogP contribution is 2.33. The van der Waals surface area contributed by atoms with Gasteiger partial charge in [-0.15, -0.1) is 12.4 Å². The summed E-state index contributed by atoms with van der Waals surface area (Å²) in [6, 6.07) is 11.5. The normalized spacial score (nSPS) is 11.1. The molecule has 3 rings (SSSR count). The zero-order chi connectivity index (χ0) is 23.5. The van der Waals surface area contributed by atoms with Crippen LogP contribution in [-0.4, -0.2) is 40.3 Å². The number of halogens is 1. The van der Waals surface area contributed by atoms with E-state index in [2.05, 4.69) is 4.98 Å². The summed E-state index contributed by atoms with van der Waals surface area (Å²) in [5, 5.41) is 19.5. The van der Waals surface area contributed by atoms with Crippen LogP contribution >= 0.6 is 12.4 Å². The van der Waals surface area contributed by atoms with E-state index in [1.54, 1.807) is 25.4 Å². The largest absolute Gasteiger partial charge is 0.497 e. The molecule has 1 aromatic heterocycles. The van der Waals surface area contributed by atoms with Crippen LogP contribution in [0.4, 0.5) is 0 Å². The molecule has 0 amide bonds. The van der Waals surface area contributed by atoms with Crippen molar-refractivity contribution in [2.24, 2.45) is 0 Å². The highest BCUT2D eigenvalue weighted by atomic mass is 35.5. The van der Waals surface area contributed by atoms with Crippen molar-refractivity contribution in [3.05, 3.63) is 59.8 Å². The summed E-state index contributed by atoms with van der Waals surface area (Å²) in [7, 11) is 1.59. The summed E-state index contributed by atoms with van der Waals surface area (Å²) in [5.41, 5.74) is -0.410. The van der Waals surface area contributed by atoms with E-state index < -0.39 is 17.4 Å². The molecule has 0 atom stereocenters. The third kappa shape index (κ3) is 5.28. The molecule has 0 bridgehead atoms. The number of aromatic nitrogens is 1. The highest BCUT2D eigenvalue weighted by molar-refractivity contribution is 6.04. The van der Waals surface area contributed by atoms with Gasteiger partial charge in [0.25, 0.3) is 0 Å². The molecule has 0 radical (unpaired) electrons. The van der Waals surface area contributed by atoms with Crippen molar-refractivity contribution >= 4 is 35.2 Å². The molecule has 0 fully saturated rings. The number of hydrogen-bond donors (Lipinski definition) is 2. The minimum atomic E-state index is -2.04. The third-order valence-corrected chi connectivity index (χ3v) is 5.13. The maximum Gasteiger partial charge on any atom is 0.325 e. The molecule has 33 heavy (non-hydrogen) atoms. The van der Waals surface area contributed by atoms with E-state index in [-0.39, 0.29) is 30.7 Å². The molecule has 2 N–H and O–H groups in total. The number of carboxylic acids is 2. The van der Waals surface area contributed by atoms with Crippen LogP contribution in [0, 0.1) is 0 Å². The molecule has 176 valence electrons. The minimum Gasteiger partial charge on any atom is -0.497 e. The molecule has 8 nitrogen and oxygen atoms in total. The van der Waals surface area contributed by atoms with Gasteiger partial charge >= 0.3 is 11.9 Å². The molecule has 2 aromatic carbocycles. The van der Waals surface area contributed by atoms with Crippen molar-refractivity contribution in [2.75, 3.05) is 7.11 Å². The second-order valence-corrected chi connectivity index (χ2v) is 7.71. The predicted octanol–water partition coefficient (Wildman–Crippen LogP) is 4.46. The van der Waals surface area contributed by atoms with E-state index >= 15 is 0 Å². The maximum atomic E-state index is 11.5. The first-order chi connectivity index (χ1) is 15.2. The highest BCUT2D eigenvalue weighted by Gasteiger charge is 2.43. The van der Waals surface area contributed by atoms with Crippen molar-refractivity contribution in [3.8, 4) is 17.2 Å². The Morgan fingerprint density at radius 3 is 2.18 bits per heavy atom. The second kappa shape index (κ2) is 10.4. The Labute approximate surface area is 197 Å². The van der Waals surface area contributed by atoms with Gasteiger partial charge in [-0.3, -0.25) is 14.6 Å². The van der Waals surface area contributed by atoms with Gasteiger partial charge in [0, 0.05) is 11.6 Å². The first-order valence-corrected chi connectivity index (χ1v) is 9.99. The number of aliphatic carboxylic acids is 2. The number of rotatable bonds is 9. The van der Waals surface area contributed by atoms with E-state index in [0.717, 1.165) is 23.4 Å².